The standard InChI is InChI=1S/C13H16N3O2PS/c1-19-13(10-6-4-3-5-7-10)11(17)16(12(18)15-13)9-8-14-20-2/h3-7,14H,1,8-9H2,2H3,(H,15,18). The SMILES string of the molecule is C=PC1(c2ccccc2)NC(=O)N(CCNSC)C1=O. The Bertz CT molecular complexity index is 526. The van der Waals surface area contributed by atoms with Crippen LogP contribution in [0.1, 0.15) is 5.56 Å². The molecule has 0 bridgehead atoms. The molecule has 1 saturated heterocycles. The van der Waals surface area contributed by atoms with Crippen LogP contribution >= 0.6 is 20.2 Å². The van der Waals surface area contributed by atoms with Crippen LogP contribution in [0.5, 0.6) is 0 Å². The molecule has 1 heterocycles. The Hall–Kier alpha value is -1.36. The highest BCUT2D eigenvalue weighted by Crippen LogP contribution is 2.37. The van der Waals surface area contributed by atoms with Gasteiger partial charge in [-0.2, -0.15) is 0 Å². The molecule has 3 amide bonds. The molecule has 0 spiro atoms. The van der Waals surface area contributed by atoms with Gasteiger partial charge in [0.05, 0.1) is 0 Å². The summed E-state index contributed by atoms with van der Waals surface area (Å²) in [5, 5.41) is 1.73. The Labute approximate surface area is 124 Å². The molecule has 5 nitrogen and oxygen atoms in total. The molecule has 0 aliphatic carbocycles. The van der Waals surface area contributed by atoms with Gasteiger partial charge >= 0.3 is 6.03 Å². The molecule has 0 aromatic heterocycles. The molecule has 1 aliphatic rings. The molecule has 7 heteroatoms. The monoisotopic (exact) mass is 309 g/mol. The smallest absolute Gasteiger partial charge is 0.312 e. The van der Waals surface area contributed by atoms with E-state index in [0.717, 1.165) is 5.56 Å². The molecule has 1 aromatic carbocycles. The molecule has 1 unspecified atom stereocenters. The number of hydrogen-bond donors (Lipinski definition) is 2. The van der Waals surface area contributed by atoms with Crippen molar-refractivity contribution in [2.24, 2.45) is 0 Å². The maximum Gasteiger partial charge on any atom is 0.325 e. The number of urea groups is 1. The van der Waals surface area contributed by atoms with Gasteiger partial charge in [0.15, 0.2) is 5.28 Å². The summed E-state index contributed by atoms with van der Waals surface area (Å²) in [4.78, 5) is 25.9. The third-order valence-corrected chi connectivity index (χ3v) is 4.63. The van der Waals surface area contributed by atoms with E-state index >= 15 is 0 Å². The summed E-state index contributed by atoms with van der Waals surface area (Å²) < 4.78 is 3.03. The number of carbonyl (C=O) groups is 2. The molecule has 20 heavy (non-hydrogen) atoms. The summed E-state index contributed by atoms with van der Waals surface area (Å²) in [5.74, 6) is -0.242. The van der Waals surface area contributed by atoms with Crippen molar-refractivity contribution in [1.82, 2.24) is 14.9 Å². The first-order valence-electron chi connectivity index (χ1n) is 6.09. The highest BCUT2D eigenvalue weighted by Gasteiger charge is 2.50. The minimum Gasteiger partial charge on any atom is -0.312 e. The zero-order valence-electron chi connectivity index (χ0n) is 11.1. The van der Waals surface area contributed by atoms with Gasteiger partial charge in [-0.25, -0.2) is 4.79 Å². The van der Waals surface area contributed by atoms with Gasteiger partial charge < -0.3 is 5.32 Å². The lowest BCUT2D eigenvalue weighted by Gasteiger charge is -2.22. The van der Waals surface area contributed by atoms with Crippen LogP contribution in [0.15, 0.2) is 30.3 Å². The minimum atomic E-state index is -1.06. The van der Waals surface area contributed by atoms with Gasteiger partial charge in [-0.1, -0.05) is 56.8 Å². The molecule has 0 radical (unpaired) electrons. The van der Waals surface area contributed by atoms with Gasteiger partial charge in [0.25, 0.3) is 5.91 Å². The van der Waals surface area contributed by atoms with Crippen molar-refractivity contribution >= 4 is 38.4 Å². The topological polar surface area (TPSA) is 61.4 Å². The lowest BCUT2D eigenvalue weighted by Crippen LogP contribution is -2.39. The number of benzene rings is 1. The van der Waals surface area contributed by atoms with Gasteiger partial charge in [0, 0.05) is 13.1 Å². The van der Waals surface area contributed by atoms with Gasteiger partial charge in [-0.3, -0.25) is 14.4 Å². The Morgan fingerprint density at radius 2 is 2.10 bits per heavy atom. The number of amides is 3. The van der Waals surface area contributed by atoms with E-state index in [1.807, 2.05) is 36.6 Å². The van der Waals surface area contributed by atoms with E-state index < -0.39 is 5.28 Å². The van der Waals surface area contributed by atoms with Gasteiger partial charge in [0.2, 0.25) is 0 Å². The van der Waals surface area contributed by atoms with E-state index in [-0.39, 0.29) is 11.9 Å². The molecule has 2 N–H and O–H groups in total. The van der Waals surface area contributed by atoms with Crippen molar-refractivity contribution in [1.29, 1.82) is 0 Å². The van der Waals surface area contributed by atoms with Gasteiger partial charge in [0.1, 0.15) is 0 Å². The van der Waals surface area contributed by atoms with Crippen LogP contribution in [0, 0.1) is 0 Å². The zero-order chi connectivity index (χ0) is 14.6. The molecule has 0 saturated carbocycles. The predicted octanol–water partition coefficient (Wildman–Crippen LogP) is 1.64. The lowest BCUT2D eigenvalue weighted by molar-refractivity contribution is -0.128. The summed E-state index contributed by atoms with van der Waals surface area (Å²) in [6, 6.07) is 8.87. The van der Waals surface area contributed by atoms with Crippen LogP contribution in [-0.2, 0) is 10.1 Å². The zero-order valence-corrected chi connectivity index (χ0v) is 12.8. The maximum absolute atomic E-state index is 12.6. The average molecular weight is 309 g/mol. The van der Waals surface area contributed by atoms with Crippen molar-refractivity contribution in [3.63, 3.8) is 0 Å². The van der Waals surface area contributed by atoms with E-state index in [1.165, 1.54) is 16.8 Å². The number of imide groups is 1. The number of nitrogens with one attached hydrogen (secondary N) is 2. The second-order valence-electron chi connectivity index (χ2n) is 4.22. The second-order valence-corrected chi connectivity index (χ2v) is 5.90. The minimum absolute atomic E-state index is 0.242. The van der Waals surface area contributed by atoms with Crippen molar-refractivity contribution < 1.29 is 9.59 Å². The Kier molecular flexibility index (Phi) is 4.81. The van der Waals surface area contributed by atoms with Crippen molar-refractivity contribution in [2.45, 2.75) is 5.28 Å². The van der Waals surface area contributed by atoms with Crippen LogP contribution < -0.4 is 10.0 Å². The third kappa shape index (κ3) is 2.59. The maximum atomic E-state index is 12.6. The first-order valence-corrected chi connectivity index (χ1v) is 8.39. The third-order valence-electron chi connectivity index (χ3n) is 3.10. The van der Waals surface area contributed by atoms with Crippen molar-refractivity contribution in [3.05, 3.63) is 35.9 Å². The van der Waals surface area contributed by atoms with Gasteiger partial charge in [-0.05, 0) is 11.8 Å². The Morgan fingerprint density at radius 1 is 1.40 bits per heavy atom. The molecular formula is C13H16N3O2PS. The molecule has 1 atom stereocenters. The highest BCUT2D eigenvalue weighted by atomic mass is 32.2. The van der Waals surface area contributed by atoms with E-state index in [2.05, 4.69) is 16.3 Å². The highest BCUT2D eigenvalue weighted by molar-refractivity contribution is 7.96. The van der Waals surface area contributed by atoms with Crippen LogP contribution in [-0.4, -0.2) is 42.5 Å². The quantitative estimate of drug-likeness (QED) is 0.363. The van der Waals surface area contributed by atoms with Crippen LogP contribution in [0.25, 0.3) is 0 Å². The van der Waals surface area contributed by atoms with Crippen LogP contribution in [0.4, 0.5) is 4.79 Å². The first-order chi connectivity index (χ1) is 9.65. The fourth-order valence-electron chi connectivity index (χ4n) is 2.10. The first kappa shape index (κ1) is 15.0. The van der Waals surface area contributed by atoms with Crippen LogP contribution in [0.3, 0.4) is 0 Å². The predicted molar refractivity (Wildman–Crippen MR) is 83.9 cm³/mol. The molecule has 1 aromatic rings. The summed E-state index contributed by atoms with van der Waals surface area (Å²) in [5.41, 5.74) is 0.760. The summed E-state index contributed by atoms with van der Waals surface area (Å²) in [7, 11) is 0.554. The Balaban J connectivity index is 2.26. The molecule has 1 aliphatic heterocycles. The molecule has 1 fully saturated rings. The van der Waals surface area contributed by atoms with E-state index in [4.69, 9.17) is 0 Å². The van der Waals surface area contributed by atoms with Crippen molar-refractivity contribution in [2.75, 3.05) is 19.3 Å². The molecule has 106 valence electrons. The van der Waals surface area contributed by atoms with Crippen LogP contribution in [0.2, 0.25) is 0 Å². The largest absolute Gasteiger partial charge is 0.325 e. The number of rotatable bonds is 6. The van der Waals surface area contributed by atoms with E-state index in [1.54, 1.807) is 0 Å². The van der Waals surface area contributed by atoms with E-state index in [9.17, 15) is 9.59 Å². The number of hydrogen-bond acceptors (Lipinski definition) is 4. The molecule has 2 rings (SSSR count). The fraction of sp³-hybridized carbons (Fsp3) is 0.308. The van der Waals surface area contributed by atoms with Gasteiger partial charge in [-0.15, -0.1) is 0 Å². The Morgan fingerprint density at radius 3 is 2.70 bits per heavy atom. The van der Waals surface area contributed by atoms with Crippen molar-refractivity contribution in [3.8, 4) is 0 Å². The second kappa shape index (κ2) is 6.39. The average Bonchev–Trinajstić information content (AvgIpc) is 2.73. The number of carbonyl (C=O) groups excluding carboxylic acids is 2. The number of nitrogens with zero attached hydrogens (tertiary/aromatic N) is 1. The molecular weight excluding hydrogens is 293 g/mol. The normalized spacial score (nSPS) is 22.4. The van der Waals surface area contributed by atoms with E-state index in [0.29, 0.717) is 21.3 Å². The fourth-order valence-corrected chi connectivity index (χ4v) is 3.16. The lowest BCUT2D eigenvalue weighted by atomic mass is 10.1. The summed E-state index contributed by atoms with van der Waals surface area (Å²) in [6.07, 6.45) is 5.72. The summed E-state index contributed by atoms with van der Waals surface area (Å²) in [6.45, 7) is 0.898. The summed E-state index contributed by atoms with van der Waals surface area (Å²) >= 11 is 1.46.